The van der Waals surface area contributed by atoms with E-state index in [4.69, 9.17) is 5.73 Å². The Morgan fingerprint density at radius 1 is 1.32 bits per heavy atom. The van der Waals surface area contributed by atoms with E-state index in [9.17, 15) is 14.9 Å². The minimum Gasteiger partial charge on any atom is -0.351 e. The lowest BCUT2D eigenvalue weighted by molar-refractivity contribution is -0.384. The predicted molar refractivity (Wildman–Crippen MR) is 95.7 cm³/mol. The number of halogens is 1. The molecule has 0 spiro atoms. The summed E-state index contributed by atoms with van der Waals surface area (Å²) in [5.74, 6) is 0.400. The number of hydrogen-bond acceptors (Lipinski definition) is 7. The molecule has 1 heterocycles. The number of rotatable bonds is 4. The summed E-state index contributed by atoms with van der Waals surface area (Å²) in [4.78, 5) is 21.6. The van der Waals surface area contributed by atoms with Crippen LogP contribution in [0.4, 0.5) is 21.9 Å². The summed E-state index contributed by atoms with van der Waals surface area (Å²) in [6, 6.07) is 10.5. The van der Waals surface area contributed by atoms with Crippen LogP contribution < -0.4 is 27.1 Å². The quantitative estimate of drug-likeness (QED) is 0.453. The number of amides is 2. The van der Waals surface area contributed by atoms with Gasteiger partial charge in [0, 0.05) is 22.2 Å². The highest BCUT2D eigenvalue weighted by atomic mass is 79.9. The van der Waals surface area contributed by atoms with E-state index in [-0.39, 0.29) is 5.69 Å². The summed E-state index contributed by atoms with van der Waals surface area (Å²) < 4.78 is 0.774. The number of amidine groups is 1. The number of nitro groups is 1. The highest BCUT2D eigenvalue weighted by Crippen LogP contribution is 2.24. The van der Waals surface area contributed by atoms with Crippen molar-refractivity contribution in [2.75, 3.05) is 10.4 Å². The van der Waals surface area contributed by atoms with Crippen molar-refractivity contribution in [3.63, 3.8) is 0 Å². The lowest BCUT2D eigenvalue weighted by Crippen LogP contribution is -2.42. The zero-order valence-corrected chi connectivity index (χ0v) is 14.1. The number of primary amides is 1. The maximum atomic E-state index is 11.2. The molecular formula is C14H12BrN7O3. The second-order valence-electron chi connectivity index (χ2n) is 4.96. The van der Waals surface area contributed by atoms with Gasteiger partial charge in [-0.25, -0.2) is 4.79 Å². The first-order chi connectivity index (χ1) is 11.9. The van der Waals surface area contributed by atoms with Gasteiger partial charge in [-0.15, -0.1) is 5.10 Å². The summed E-state index contributed by atoms with van der Waals surface area (Å²) >= 11 is 3.36. The molecule has 0 saturated heterocycles. The van der Waals surface area contributed by atoms with E-state index in [2.05, 4.69) is 37.3 Å². The van der Waals surface area contributed by atoms with Crippen molar-refractivity contribution < 1.29 is 9.72 Å². The van der Waals surface area contributed by atoms with Crippen LogP contribution >= 0.6 is 15.9 Å². The van der Waals surface area contributed by atoms with Gasteiger partial charge in [-0.1, -0.05) is 22.0 Å². The van der Waals surface area contributed by atoms with E-state index in [1.807, 2.05) is 0 Å². The minimum atomic E-state index is -0.703. The van der Waals surface area contributed by atoms with Crippen LogP contribution in [0.3, 0.4) is 0 Å². The van der Waals surface area contributed by atoms with E-state index in [0.717, 1.165) is 4.47 Å². The molecule has 1 aliphatic rings. The average Bonchev–Trinajstić information content (AvgIpc) is 3.06. The van der Waals surface area contributed by atoms with Gasteiger partial charge in [0.1, 0.15) is 0 Å². The first kappa shape index (κ1) is 16.5. The number of urea groups is 1. The topological polar surface area (TPSA) is 138 Å². The molecule has 3 rings (SSSR count). The molecule has 0 radical (unpaired) electrons. The van der Waals surface area contributed by atoms with Crippen molar-refractivity contribution in [3.05, 3.63) is 62.6 Å². The number of carbonyl (C=O) groups is 1. The van der Waals surface area contributed by atoms with Gasteiger partial charge >= 0.3 is 6.03 Å². The molecule has 0 saturated carbocycles. The number of nitrogens with one attached hydrogen (secondary N) is 3. The van der Waals surface area contributed by atoms with Crippen LogP contribution in [-0.2, 0) is 0 Å². The van der Waals surface area contributed by atoms with Crippen LogP contribution in [0.15, 0.2) is 52.0 Å². The van der Waals surface area contributed by atoms with E-state index in [0.29, 0.717) is 22.8 Å². The second kappa shape index (κ2) is 6.65. The van der Waals surface area contributed by atoms with Crippen LogP contribution in [0.1, 0.15) is 5.56 Å². The number of benzene rings is 2. The Balaban J connectivity index is 1.86. The molecule has 1 aliphatic heterocycles. The Hall–Kier alpha value is -3.34. The molecule has 2 aromatic rings. The van der Waals surface area contributed by atoms with Gasteiger partial charge in [-0.05, 0) is 24.3 Å². The van der Waals surface area contributed by atoms with Gasteiger partial charge in [0.2, 0.25) is 0 Å². The summed E-state index contributed by atoms with van der Waals surface area (Å²) in [5.41, 5.74) is 12.3. The van der Waals surface area contributed by atoms with Crippen molar-refractivity contribution in [3.8, 4) is 0 Å². The lowest BCUT2D eigenvalue weighted by atomic mass is 10.1. The van der Waals surface area contributed by atoms with Crippen molar-refractivity contribution in [1.82, 2.24) is 11.0 Å². The van der Waals surface area contributed by atoms with Crippen LogP contribution in [0, 0.1) is 10.1 Å². The van der Waals surface area contributed by atoms with Crippen molar-refractivity contribution in [2.24, 2.45) is 10.8 Å². The van der Waals surface area contributed by atoms with Crippen molar-refractivity contribution in [2.45, 2.75) is 0 Å². The Labute approximate surface area is 149 Å². The molecule has 25 heavy (non-hydrogen) atoms. The molecule has 5 N–H and O–H groups in total. The SMILES string of the molecule is NC(=O)Nc1ccc(Br)cc1C1=NNN(c2cccc([N+](=O)[O-])c2)N1. The van der Waals surface area contributed by atoms with Gasteiger partial charge in [-0.3, -0.25) is 15.5 Å². The first-order valence-corrected chi connectivity index (χ1v) is 7.74. The fourth-order valence-corrected chi connectivity index (χ4v) is 2.56. The molecule has 128 valence electrons. The lowest BCUT2D eigenvalue weighted by Gasteiger charge is -2.18. The van der Waals surface area contributed by atoms with Crippen LogP contribution in [0.5, 0.6) is 0 Å². The van der Waals surface area contributed by atoms with Crippen molar-refractivity contribution in [1.29, 1.82) is 0 Å². The number of hydrazine groups is 2. The molecule has 2 amide bonds. The van der Waals surface area contributed by atoms with Crippen LogP contribution in [0.2, 0.25) is 0 Å². The van der Waals surface area contributed by atoms with Gasteiger partial charge in [0.15, 0.2) is 5.84 Å². The highest BCUT2D eigenvalue weighted by Gasteiger charge is 2.21. The number of nitro benzene ring substituents is 1. The Bertz CT molecular complexity index is 886. The fourth-order valence-electron chi connectivity index (χ4n) is 2.20. The second-order valence-corrected chi connectivity index (χ2v) is 5.88. The predicted octanol–water partition coefficient (Wildman–Crippen LogP) is 2.04. The van der Waals surface area contributed by atoms with Gasteiger partial charge in [0.25, 0.3) is 5.69 Å². The zero-order chi connectivity index (χ0) is 18.0. The highest BCUT2D eigenvalue weighted by molar-refractivity contribution is 9.10. The molecular weight excluding hydrogens is 394 g/mol. The molecule has 0 atom stereocenters. The van der Waals surface area contributed by atoms with Crippen LogP contribution in [-0.4, -0.2) is 16.8 Å². The maximum absolute atomic E-state index is 11.2. The summed E-state index contributed by atoms with van der Waals surface area (Å²) in [7, 11) is 0. The monoisotopic (exact) mass is 405 g/mol. The van der Waals surface area contributed by atoms with Crippen LogP contribution in [0.25, 0.3) is 0 Å². The third kappa shape index (κ3) is 3.61. The summed E-state index contributed by atoms with van der Waals surface area (Å²) in [6.45, 7) is 0. The number of carbonyl (C=O) groups excluding carboxylic acids is 1. The molecule has 0 aromatic heterocycles. The number of nitrogens with zero attached hydrogens (tertiary/aromatic N) is 3. The smallest absolute Gasteiger partial charge is 0.316 e. The molecule has 2 aromatic carbocycles. The number of non-ortho nitro benzene ring substituents is 1. The molecule has 0 unspecified atom stereocenters. The van der Waals surface area contributed by atoms with Gasteiger partial charge < -0.3 is 11.1 Å². The minimum absolute atomic E-state index is 0.0481. The normalized spacial score (nSPS) is 12.8. The largest absolute Gasteiger partial charge is 0.351 e. The number of nitrogens with two attached hydrogens (primary N) is 1. The number of hydrazone groups is 1. The molecule has 10 nitrogen and oxygen atoms in total. The van der Waals surface area contributed by atoms with Gasteiger partial charge in [-0.2, -0.15) is 10.7 Å². The van der Waals surface area contributed by atoms with Crippen molar-refractivity contribution >= 4 is 44.9 Å². The average molecular weight is 406 g/mol. The number of hydrogen-bond donors (Lipinski definition) is 4. The summed E-state index contributed by atoms with van der Waals surface area (Å²) in [5, 5.41) is 19.0. The fraction of sp³-hybridized carbons (Fsp3) is 0. The van der Waals surface area contributed by atoms with E-state index < -0.39 is 11.0 Å². The first-order valence-electron chi connectivity index (χ1n) is 6.95. The standard InChI is InChI=1S/C14H12BrN7O3/c15-8-4-5-12(17-14(16)23)11(6-8)13-18-20-21(19-13)9-2-1-3-10(7-9)22(24)25/h1-7,20H,(H,18,19)(H3,16,17,23). The maximum Gasteiger partial charge on any atom is 0.316 e. The summed E-state index contributed by atoms with van der Waals surface area (Å²) in [6.07, 6.45) is 0. The van der Waals surface area contributed by atoms with E-state index in [1.54, 1.807) is 30.3 Å². The third-order valence-corrected chi connectivity index (χ3v) is 3.77. The molecule has 0 aliphatic carbocycles. The Kier molecular flexibility index (Phi) is 4.39. The zero-order valence-electron chi connectivity index (χ0n) is 12.6. The Morgan fingerprint density at radius 2 is 2.12 bits per heavy atom. The molecule has 11 heteroatoms. The van der Waals surface area contributed by atoms with Gasteiger partial charge in [0.05, 0.1) is 16.3 Å². The molecule has 0 fully saturated rings. The number of anilines is 2. The van der Waals surface area contributed by atoms with E-state index >= 15 is 0 Å². The third-order valence-electron chi connectivity index (χ3n) is 3.27. The molecule has 0 bridgehead atoms. The Morgan fingerprint density at radius 3 is 2.84 bits per heavy atom. The van der Waals surface area contributed by atoms with E-state index in [1.165, 1.54) is 17.3 Å².